The van der Waals surface area contributed by atoms with E-state index in [2.05, 4.69) is 0 Å². The normalized spacial score (nSPS) is 28.9. The summed E-state index contributed by atoms with van der Waals surface area (Å²) in [6.45, 7) is 0. The molecule has 172 valence electrons. The molecule has 0 radical (unpaired) electrons. The highest BCUT2D eigenvalue weighted by Gasteiger charge is 2.54. The van der Waals surface area contributed by atoms with Crippen LogP contribution in [0.4, 0.5) is 5.69 Å². The van der Waals surface area contributed by atoms with Crippen molar-refractivity contribution in [2.45, 2.75) is 25.4 Å². The van der Waals surface area contributed by atoms with Crippen molar-refractivity contribution < 1.29 is 29.7 Å². The Hall–Kier alpha value is -3.39. The SMILES string of the molecule is CN(C)c1cccc2c(O)c3c(cc12)C[C@H]1C[C@H]2CC(O)C(C(N)=O)C(=O)C2C(=O)C1=C3O. The lowest BCUT2D eigenvalue weighted by Gasteiger charge is -2.43. The lowest BCUT2D eigenvalue weighted by Crippen LogP contribution is -2.54. The van der Waals surface area contributed by atoms with E-state index in [1.165, 1.54) is 0 Å². The Labute approximate surface area is 190 Å². The van der Waals surface area contributed by atoms with E-state index in [4.69, 9.17) is 5.73 Å². The van der Waals surface area contributed by atoms with E-state index in [-0.39, 0.29) is 35.0 Å². The van der Waals surface area contributed by atoms with Crippen molar-refractivity contribution >= 4 is 39.7 Å². The molecule has 3 aliphatic rings. The van der Waals surface area contributed by atoms with Crippen molar-refractivity contribution in [1.29, 1.82) is 0 Å². The molecule has 3 unspecified atom stereocenters. The fraction of sp³-hybridized carbons (Fsp3) is 0.400. The number of benzene rings is 2. The Kier molecular flexibility index (Phi) is 4.75. The Balaban J connectivity index is 1.66. The molecule has 1 amide bonds. The maximum absolute atomic E-state index is 13.5. The fourth-order valence-corrected chi connectivity index (χ4v) is 6.11. The number of hydrogen-bond donors (Lipinski definition) is 4. The van der Waals surface area contributed by atoms with Gasteiger partial charge >= 0.3 is 0 Å². The standard InChI is InChI=1S/C25H26N2O6/c1-27(2)15-5-3-4-13-14(15)8-11-6-10-7-12-9-16(28)20(25(26)33)24(32)19(12)23(31)18(10)22(30)17(11)21(13)29/h3-5,8,10,12,16,19-20,28-30H,6-7,9H2,1-2H3,(H2,26,33)/t10-,12-,16?,19?,20?/m0/s1. The van der Waals surface area contributed by atoms with Gasteiger partial charge < -0.3 is 26.0 Å². The smallest absolute Gasteiger partial charge is 0.230 e. The number of amides is 1. The number of phenols is 1. The van der Waals surface area contributed by atoms with Crippen LogP contribution in [-0.2, 0) is 20.8 Å². The van der Waals surface area contributed by atoms with Gasteiger partial charge in [-0.3, -0.25) is 14.4 Å². The number of aliphatic hydroxyl groups excluding tert-OH is 2. The van der Waals surface area contributed by atoms with Gasteiger partial charge in [-0.05, 0) is 48.8 Å². The molecule has 2 aromatic rings. The predicted octanol–water partition coefficient (Wildman–Crippen LogP) is 1.69. The molecule has 0 bridgehead atoms. The third-order valence-corrected chi connectivity index (χ3v) is 7.52. The Bertz CT molecular complexity index is 1260. The third-order valence-electron chi connectivity index (χ3n) is 7.52. The predicted molar refractivity (Wildman–Crippen MR) is 122 cm³/mol. The van der Waals surface area contributed by atoms with Crippen LogP contribution >= 0.6 is 0 Å². The van der Waals surface area contributed by atoms with Crippen LogP contribution in [-0.4, -0.2) is 53.0 Å². The van der Waals surface area contributed by atoms with Crippen molar-refractivity contribution in [1.82, 2.24) is 0 Å². The highest BCUT2D eigenvalue weighted by molar-refractivity contribution is 6.19. The first kappa shape index (κ1) is 21.5. The summed E-state index contributed by atoms with van der Waals surface area (Å²) in [4.78, 5) is 40.1. The molecule has 2 aromatic carbocycles. The minimum absolute atomic E-state index is 0.107. The first-order valence-corrected chi connectivity index (χ1v) is 11.1. The van der Waals surface area contributed by atoms with Crippen molar-refractivity contribution in [3.8, 4) is 5.75 Å². The van der Waals surface area contributed by atoms with E-state index < -0.39 is 41.3 Å². The van der Waals surface area contributed by atoms with Gasteiger partial charge in [0.15, 0.2) is 11.6 Å². The molecule has 5 rings (SSSR count). The number of allylic oxidation sites excluding steroid dienone is 1. The molecule has 8 nitrogen and oxygen atoms in total. The monoisotopic (exact) mass is 450 g/mol. The number of carbonyl (C=O) groups is 3. The molecule has 3 aliphatic carbocycles. The lowest BCUT2D eigenvalue weighted by atomic mass is 9.59. The van der Waals surface area contributed by atoms with Gasteiger partial charge in [-0.15, -0.1) is 0 Å². The van der Waals surface area contributed by atoms with Crippen LogP contribution in [0.25, 0.3) is 16.5 Å². The Morgan fingerprint density at radius 3 is 2.52 bits per heavy atom. The van der Waals surface area contributed by atoms with E-state index in [1.54, 1.807) is 6.07 Å². The van der Waals surface area contributed by atoms with E-state index in [0.717, 1.165) is 16.6 Å². The Morgan fingerprint density at radius 2 is 1.85 bits per heavy atom. The summed E-state index contributed by atoms with van der Waals surface area (Å²) < 4.78 is 0. The van der Waals surface area contributed by atoms with Crippen molar-refractivity contribution in [3.63, 3.8) is 0 Å². The minimum Gasteiger partial charge on any atom is -0.507 e. The zero-order valence-corrected chi connectivity index (χ0v) is 18.4. The summed E-state index contributed by atoms with van der Waals surface area (Å²) in [5.41, 5.74) is 7.29. The largest absolute Gasteiger partial charge is 0.507 e. The van der Waals surface area contributed by atoms with Crippen molar-refractivity contribution in [2.24, 2.45) is 29.4 Å². The number of rotatable bonds is 2. The number of fused-ring (bicyclic) bond motifs is 4. The molecule has 5 N–H and O–H groups in total. The van der Waals surface area contributed by atoms with Gasteiger partial charge in [-0.2, -0.15) is 0 Å². The minimum atomic E-state index is -1.42. The first-order valence-electron chi connectivity index (χ1n) is 11.1. The number of ketones is 2. The number of aromatic hydroxyl groups is 1. The molecule has 2 fully saturated rings. The fourth-order valence-electron chi connectivity index (χ4n) is 6.11. The number of carbonyl (C=O) groups excluding carboxylic acids is 3. The van der Waals surface area contributed by atoms with Crippen molar-refractivity contribution in [3.05, 3.63) is 41.0 Å². The lowest BCUT2D eigenvalue weighted by molar-refractivity contribution is -0.150. The second-order valence-electron chi connectivity index (χ2n) is 9.61. The van der Waals surface area contributed by atoms with Gasteiger partial charge in [0, 0.05) is 36.1 Å². The van der Waals surface area contributed by atoms with E-state index in [9.17, 15) is 29.7 Å². The summed E-state index contributed by atoms with van der Waals surface area (Å²) in [5.74, 6) is -5.91. The topological polar surface area (TPSA) is 141 Å². The second kappa shape index (κ2) is 7.31. The Morgan fingerprint density at radius 1 is 1.12 bits per heavy atom. The average molecular weight is 450 g/mol. The molecule has 0 aliphatic heterocycles. The number of primary amides is 1. The molecular formula is C25H26N2O6. The molecule has 0 spiro atoms. The number of aliphatic hydroxyl groups is 2. The molecule has 0 heterocycles. The number of hydrogen-bond acceptors (Lipinski definition) is 7. The summed E-state index contributed by atoms with van der Waals surface area (Å²) in [6.07, 6.45) is -0.258. The highest BCUT2D eigenvalue weighted by Crippen LogP contribution is 2.51. The molecule has 0 aromatic heterocycles. The summed E-state index contributed by atoms with van der Waals surface area (Å²) in [5, 5.41) is 34.0. The second-order valence-corrected chi connectivity index (χ2v) is 9.61. The van der Waals surface area contributed by atoms with Crippen LogP contribution in [0, 0.1) is 23.7 Å². The average Bonchev–Trinajstić information content (AvgIpc) is 2.72. The molecule has 5 atom stereocenters. The zero-order chi connectivity index (χ0) is 23.8. The first-order chi connectivity index (χ1) is 15.6. The van der Waals surface area contributed by atoms with Crippen molar-refractivity contribution in [2.75, 3.05) is 19.0 Å². The van der Waals surface area contributed by atoms with Gasteiger partial charge in [0.1, 0.15) is 17.4 Å². The van der Waals surface area contributed by atoms with Gasteiger partial charge in [0.2, 0.25) is 5.91 Å². The maximum atomic E-state index is 13.5. The van der Waals surface area contributed by atoms with E-state index in [1.807, 2.05) is 37.2 Å². The van der Waals surface area contributed by atoms with Crippen LogP contribution in [0.3, 0.4) is 0 Å². The molecule has 33 heavy (non-hydrogen) atoms. The number of phenolic OH excluding ortho intramolecular Hbond substituents is 1. The van der Waals surface area contributed by atoms with Crippen LogP contribution in [0.2, 0.25) is 0 Å². The summed E-state index contributed by atoms with van der Waals surface area (Å²) in [7, 11) is 3.82. The highest BCUT2D eigenvalue weighted by atomic mass is 16.3. The number of nitrogens with zero attached hydrogens (tertiary/aromatic N) is 1. The molecule has 0 saturated heterocycles. The van der Waals surface area contributed by atoms with Gasteiger partial charge in [-0.25, -0.2) is 0 Å². The van der Waals surface area contributed by atoms with Crippen LogP contribution in [0.5, 0.6) is 5.75 Å². The summed E-state index contributed by atoms with van der Waals surface area (Å²) >= 11 is 0. The molecule has 2 saturated carbocycles. The molecule has 8 heteroatoms. The third kappa shape index (κ3) is 2.97. The summed E-state index contributed by atoms with van der Waals surface area (Å²) in [6, 6.07) is 7.44. The van der Waals surface area contributed by atoms with Gasteiger partial charge in [0.05, 0.1) is 17.6 Å². The van der Waals surface area contributed by atoms with Crippen LogP contribution in [0.15, 0.2) is 29.8 Å². The van der Waals surface area contributed by atoms with E-state index >= 15 is 0 Å². The van der Waals surface area contributed by atoms with Gasteiger partial charge in [-0.1, -0.05) is 12.1 Å². The number of anilines is 1. The quantitative estimate of drug-likeness (QED) is 0.510. The van der Waals surface area contributed by atoms with E-state index in [0.29, 0.717) is 18.2 Å². The van der Waals surface area contributed by atoms with Crippen LogP contribution in [0.1, 0.15) is 24.0 Å². The number of nitrogens with two attached hydrogens (primary N) is 1. The maximum Gasteiger partial charge on any atom is 0.230 e. The zero-order valence-electron chi connectivity index (χ0n) is 18.4. The van der Waals surface area contributed by atoms with Gasteiger partial charge in [0.25, 0.3) is 0 Å². The number of Topliss-reactive ketones (excluding diaryl/α,β-unsaturated/α-hetero) is 2. The molecular weight excluding hydrogens is 424 g/mol. The van der Waals surface area contributed by atoms with Crippen LogP contribution < -0.4 is 10.6 Å².